The summed E-state index contributed by atoms with van der Waals surface area (Å²) in [5.41, 5.74) is -0.958. The normalized spacial score (nSPS) is 10.6. The predicted octanol–water partition coefficient (Wildman–Crippen LogP) is 1.35. The van der Waals surface area contributed by atoms with Crippen molar-refractivity contribution in [2.24, 2.45) is 5.41 Å². The van der Waals surface area contributed by atoms with Crippen molar-refractivity contribution in [2.75, 3.05) is 13.1 Å². The molecule has 0 bridgehead atoms. The number of nitrogens with one attached hydrogen (secondary N) is 2. The van der Waals surface area contributed by atoms with Crippen molar-refractivity contribution in [3.05, 3.63) is 0 Å². The summed E-state index contributed by atoms with van der Waals surface area (Å²) in [4.78, 5) is 23.2. The van der Waals surface area contributed by atoms with Gasteiger partial charge in [-0.3, -0.25) is 9.59 Å². The van der Waals surface area contributed by atoms with Crippen LogP contribution in [0.2, 0.25) is 0 Å². The fourth-order valence-corrected chi connectivity index (χ4v) is 1.59. The number of carbonyl (C=O) groups excluding carboxylic acids is 2. The Morgan fingerprint density at radius 1 is 1.11 bits per heavy atom. The summed E-state index contributed by atoms with van der Waals surface area (Å²) in [7, 11) is 0. The van der Waals surface area contributed by atoms with Gasteiger partial charge in [0.1, 0.15) is 5.41 Å². The number of hydrogen-bond donors (Lipinski definition) is 2. The Morgan fingerprint density at radius 2 is 1.72 bits per heavy atom. The maximum Gasteiger partial charge on any atom is 0.240 e. The molecule has 0 aromatic carbocycles. The zero-order chi connectivity index (χ0) is 14.0. The summed E-state index contributed by atoms with van der Waals surface area (Å²) >= 11 is 0. The van der Waals surface area contributed by atoms with E-state index < -0.39 is 5.41 Å². The van der Waals surface area contributed by atoms with E-state index in [0.717, 1.165) is 6.42 Å². The van der Waals surface area contributed by atoms with Gasteiger partial charge in [0.2, 0.25) is 11.8 Å². The van der Waals surface area contributed by atoms with Crippen LogP contribution in [0.5, 0.6) is 0 Å². The summed E-state index contributed by atoms with van der Waals surface area (Å²) in [6.07, 6.45) is 2.10. The molecule has 2 N–H and O–H groups in total. The molecule has 0 unspecified atom stereocenters. The van der Waals surface area contributed by atoms with Gasteiger partial charge in [-0.05, 0) is 19.3 Å². The second kappa shape index (κ2) is 8.51. The van der Waals surface area contributed by atoms with Crippen LogP contribution in [0.3, 0.4) is 0 Å². The fourth-order valence-electron chi connectivity index (χ4n) is 1.59. The monoisotopic (exact) mass is 253 g/mol. The molecule has 0 aliphatic carbocycles. The van der Waals surface area contributed by atoms with Gasteiger partial charge in [-0.25, -0.2) is 0 Å². The van der Waals surface area contributed by atoms with Crippen molar-refractivity contribution in [3.63, 3.8) is 0 Å². The van der Waals surface area contributed by atoms with Crippen molar-refractivity contribution in [1.29, 1.82) is 5.26 Å². The van der Waals surface area contributed by atoms with E-state index in [1.807, 2.05) is 20.8 Å². The number of amides is 2. The molecule has 0 aliphatic rings. The molecule has 0 spiro atoms. The van der Waals surface area contributed by atoms with Crippen molar-refractivity contribution < 1.29 is 9.59 Å². The van der Waals surface area contributed by atoms with E-state index in [-0.39, 0.29) is 24.8 Å². The third-order valence-electron chi connectivity index (χ3n) is 3.07. The first-order valence-corrected chi connectivity index (χ1v) is 6.52. The number of nitrogens with zero attached hydrogens (tertiary/aromatic N) is 1. The summed E-state index contributed by atoms with van der Waals surface area (Å²) in [6.45, 7) is 6.54. The minimum atomic E-state index is -0.958. The van der Waals surface area contributed by atoms with E-state index in [1.165, 1.54) is 0 Å². The Labute approximate surface area is 109 Å². The lowest BCUT2D eigenvalue weighted by atomic mass is 9.83. The zero-order valence-electron chi connectivity index (χ0n) is 11.5. The molecule has 0 saturated heterocycles. The summed E-state index contributed by atoms with van der Waals surface area (Å²) in [5, 5.41) is 14.5. The van der Waals surface area contributed by atoms with E-state index >= 15 is 0 Å². The van der Waals surface area contributed by atoms with Gasteiger partial charge >= 0.3 is 0 Å². The molecule has 102 valence electrons. The standard InChI is InChI=1S/C13H23N3O2/c1-4-8-15-11(17)7-9-16-12(18)13(5-2,6-3)10-14/h4-9H2,1-3H3,(H,15,17)(H,16,18). The SMILES string of the molecule is CCCNC(=O)CCNC(=O)C(C#N)(CC)CC. The molecule has 0 radical (unpaired) electrons. The van der Waals surface area contributed by atoms with Gasteiger partial charge < -0.3 is 10.6 Å². The average Bonchev–Trinajstić information content (AvgIpc) is 2.39. The highest BCUT2D eigenvalue weighted by molar-refractivity contribution is 5.85. The molecule has 0 saturated carbocycles. The van der Waals surface area contributed by atoms with Crippen LogP contribution >= 0.6 is 0 Å². The molecule has 0 aromatic heterocycles. The topological polar surface area (TPSA) is 82.0 Å². The molecular weight excluding hydrogens is 230 g/mol. The van der Waals surface area contributed by atoms with Crippen LogP contribution in [0, 0.1) is 16.7 Å². The molecular formula is C13H23N3O2. The zero-order valence-corrected chi connectivity index (χ0v) is 11.5. The summed E-state index contributed by atoms with van der Waals surface area (Å²) in [5.74, 6) is -0.356. The molecule has 0 rings (SSSR count). The van der Waals surface area contributed by atoms with E-state index in [1.54, 1.807) is 0 Å². The van der Waals surface area contributed by atoms with Gasteiger partial charge in [-0.1, -0.05) is 20.8 Å². The Morgan fingerprint density at radius 3 is 2.17 bits per heavy atom. The van der Waals surface area contributed by atoms with E-state index in [4.69, 9.17) is 5.26 Å². The third kappa shape index (κ3) is 4.74. The molecule has 0 heterocycles. The summed E-state index contributed by atoms with van der Waals surface area (Å²) in [6, 6.07) is 2.07. The third-order valence-corrected chi connectivity index (χ3v) is 3.07. The Balaban J connectivity index is 4.11. The average molecular weight is 253 g/mol. The minimum Gasteiger partial charge on any atom is -0.356 e. The summed E-state index contributed by atoms with van der Waals surface area (Å²) < 4.78 is 0. The van der Waals surface area contributed by atoms with Crippen LogP contribution in [0.15, 0.2) is 0 Å². The van der Waals surface area contributed by atoms with Crippen molar-refractivity contribution in [2.45, 2.75) is 46.5 Å². The number of rotatable bonds is 8. The lowest BCUT2D eigenvalue weighted by Gasteiger charge is -2.21. The van der Waals surface area contributed by atoms with Gasteiger partial charge in [0.25, 0.3) is 0 Å². The molecule has 5 nitrogen and oxygen atoms in total. The number of carbonyl (C=O) groups is 2. The Bertz CT molecular complexity index is 317. The number of hydrogen-bond acceptors (Lipinski definition) is 3. The maximum absolute atomic E-state index is 11.9. The van der Waals surface area contributed by atoms with Crippen LogP contribution in [0.1, 0.15) is 46.5 Å². The lowest BCUT2D eigenvalue weighted by molar-refractivity contribution is -0.128. The highest BCUT2D eigenvalue weighted by atomic mass is 16.2. The van der Waals surface area contributed by atoms with Crippen LogP contribution in [0.25, 0.3) is 0 Å². The maximum atomic E-state index is 11.9. The van der Waals surface area contributed by atoms with Crippen molar-refractivity contribution in [1.82, 2.24) is 10.6 Å². The second-order valence-corrected chi connectivity index (χ2v) is 4.26. The van der Waals surface area contributed by atoms with Crippen LogP contribution in [-0.4, -0.2) is 24.9 Å². The highest BCUT2D eigenvalue weighted by Gasteiger charge is 2.34. The van der Waals surface area contributed by atoms with Crippen molar-refractivity contribution in [3.8, 4) is 6.07 Å². The molecule has 0 atom stereocenters. The van der Waals surface area contributed by atoms with Gasteiger partial charge in [0.05, 0.1) is 6.07 Å². The van der Waals surface area contributed by atoms with Gasteiger partial charge in [-0.2, -0.15) is 5.26 Å². The second-order valence-electron chi connectivity index (χ2n) is 4.26. The molecule has 18 heavy (non-hydrogen) atoms. The van der Waals surface area contributed by atoms with E-state index in [2.05, 4.69) is 16.7 Å². The van der Waals surface area contributed by atoms with Crippen molar-refractivity contribution >= 4 is 11.8 Å². The van der Waals surface area contributed by atoms with Gasteiger partial charge in [0, 0.05) is 19.5 Å². The molecule has 0 fully saturated rings. The Kier molecular flexibility index (Phi) is 7.77. The minimum absolute atomic E-state index is 0.0762. The smallest absolute Gasteiger partial charge is 0.240 e. The Hall–Kier alpha value is -1.57. The van der Waals surface area contributed by atoms with Gasteiger partial charge in [-0.15, -0.1) is 0 Å². The van der Waals surface area contributed by atoms with Crippen LogP contribution in [0.4, 0.5) is 0 Å². The molecule has 0 aliphatic heterocycles. The van der Waals surface area contributed by atoms with Gasteiger partial charge in [0.15, 0.2) is 0 Å². The lowest BCUT2D eigenvalue weighted by Crippen LogP contribution is -2.41. The molecule has 2 amide bonds. The molecule has 0 aromatic rings. The first-order chi connectivity index (χ1) is 8.56. The first kappa shape index (κ1) is 16.4. The quantitative estimate of drug-likeness (QED) is 0.685. The highest BCUT2D eigenvalue weighted by Crippen LogP contribution is 2.25. The first-order valence-electron chi connectivity index (χ1n) is 6.52. The van der Waals surface area contributed by atoms with E-state index in [0.29, 0.717) is 19.4 Å². The van der Waals surface area contributed by atoms with E-state index in [9.17, 15) is 9.59 Å². The number of nitriles is 1. The predicted molar refractivity (Wildman–Crippen MR) is 69.6 cm³/mol. The van der Waals surface area contributed by atoms with Crippen LogP contribution in [-0.2, 0) is 9.59 Å². The van der Waals surface area contributed by atoms with Crippen LogP contribution < -0.4 is 10.6 Å². The molecule has 5 heteroatoms. The fraction of sp³-hybridized carbons (Fsp3) is 0.769. The largest absolute Gasteiger partial charge is 0.356 e.